The molecule has 0 nitrogen and oxygen atoms in total. The van der Waals surface area contributed by atoms with Crippen molar-refractivity contribution >= 4 is 38.9 Å². The van der Waals surface area contributed by atoms with Crippen molar-refractivity contribution in [1.29, 1.82) is 0 Å². The Balaban J connectivity index is 0. The van der Waals surface area contributed by atoms with Crippen molar-refractivity contribution in [1.82, 2.24) is 0 Å². The van der Waals surface area contributed by atoms with E-state index in [1.54, 1.807) is 16.6 Å². The predicted molar refractivity (Wildman–Crippen MR) is 17.3 cm³/mol. The second-order valence-corrected chi connectivity index (χ2v) is 13.9. The van der Waals surface area contributed by atoms with Crippen LogP contribution in [0.4, 0.5) is 0 Å². The first kappa shape index (κ1) is 10.8. The fourth-order valence-corrected chi connectivity index (χ4v) is 0. The zero-order valence-electron chi connectivity index (χ0n) is 1.98. The molecule has 0 saturated carbocycles. The van der Waals surface area contributed by atoms with Gasteiger partial charge < -0.3 is 0 Å². The Kier molecular flexibility index (Phi) is 34.1. The second-order valence-electron chi connectivity index (χ2n) is 0.0630. The van der Waals surface area contributed by atoms with Gasteiger partial charge in [0.25, 0.3) is 0 Å². The molecule has 0 spiro atoms. The van der Waals surface area contributed by atoms with Gasteiger partial charge >= 0.3 is 68.2 Å². The molecule has 0 N–H and O–H groups in total. The molecule has 0 aliphatic carbocycles. The molecular formula is Re2Se3. The van der Waals surface area contributed by atoms with Crippen LogP contribution in [0.3, 0.4) is 0 Å². The van der Waals surface area contributed by atoms with Crippen LogP contribution in [0.25, 0.3) is 0 Å². The summed E-state index contributed by atoms with van der Waals surface area (Å²) in [6.07, 6.45) is 0. The maximum atomic E-state index is 2.90. The number of hydrogen-bond acceptors (Lipinski definition) is 0. The molecule has 0 unspecified atom stereocenters. The van der Waals surface area contributed by atoms with E-state index in [2.05, 4.69) is 38.9 Å². The van der Waals surface area contributed by atoms with Crippen LogP contribution in [0, 0.1) is 0 Å². The van der Waals surface area contributed by atoms with E-state index in [-0.39, 0.29) is 12.8 Å². The van der Waals surface area contributed by atoms with Crippen molar-refractivity contribution in [2.24, 2.45) is 0 Å². The fraction of sp³-hybridized carbons (Fsp3) is 0. The summed E-state index contributed by atoms with van der Waals surface area (Å²) in [5.41, 5.74) is 0. The SMILES string of the molecule is [Se]=[Re].[Se]=[Re]=[Se]. The summed E-state index contributed by atoms with van der Waals surface area (Å²) in [6.45, 7) is 0. The average molecular weight is 609 g/mol. The van der Waals surface area contributed by atoms with Gasteiger partial charge in [0.05, 0.1) is 0 Å². The molecule has 0 atom stereocenters. The van der Waals surface area contributed by atoms with E-state index >= 15 is 0 Å². The molecule has 32 valence electrons. The normalized spacial score (nSPS) is 3.20. The molecular weight excluding hydrogens is 609 g/mol. The molecule has 0 aromatic rings. The van der Waals surface area contributed by atoms with Crippen LogP contribution < -0.4 is 0 Å². The molecule has 5 heavy (non-hydrogen) atoms. The van der Waals surface area contributed by atoms with Gasteiger partial charge in [-0.25, -0.2) is 0 Å². The summed E-state index contributed by atoms with van der Waals surface area (Å²) < 4.78 is 0. The molecule has 0 radical (unpaired) electrons. The molecule has 0 aromatic heterocycles. The Morgan fingerprint density at radius 1 is 1.20 bits per heavy atom. The van der Waals surface area contributed by atoms with Crippen molar-refractivity contribution in [3.63, 3.8) is 0 Å². The molecule has 0 amide bonds. The Labute approximate surface area is 66.9 Å². The summed E-state index contributed by atoms with van der Waals surface area (Å²) >= 11 is 10.2. The molecule has 0 heterocycles. The van der Waals surface area contributed by atoms with Crippen molar-refractivity contribution < 1.29 is 29.4 Å². The van der Waals surface area contributed by atoms with Crippen LogP contribution in [0.5, 0.6) is 0 Å². The standard InChI is InChI=1S/2Re.3Se. The monoisotopic (exact) mass is 614 g/mol. The Morgan fingerprint density at radius 2 is 1.20 bits per heavy atom. The first-order valence-electron chi connectivity index (χ1n) is 0.463. The van der Waals surface area contributed by atoms with Crippen LogP contribution in [0.2, 0.25) is 0 Å². The number of rotatable bonds is 0. The Morgan fingerprint density at radius 3 is 1.20 bits per heavy atom. The third-order valence-corrected chi connectivity index (χ3v) is 0. The van der Waals surface area contributed by atoms with E-state index in [1.165, 1.54) is 0 Å². The number of hydrogen-bond donors (Lipinski definition) is 0. The third kappa shape index (κ3) is 19.7. The van der Waals surface area contributed by atoms with E-state index in [1.807, 2.05) is 0 Å². The molecule has 0 saturated heterocycles. The van der Waals surface area contributed by atoms with Crippen LogP contribution in [-0.4, -0.2) is 38.9 Å². The first-order valence-corrected chi connectivity index (χ1v) is 19.7. The molecule has 0 bridgehead atoms. The second kappa shape index (κ2) is 15.8. The maximum absolute atomic E-state index is 2.90. The van der Waals surface area contributed by atoms with E-state index in [9.17, 15) is 0 Å². The van der Waals surface area contributed by atoms with Gasteiger partial charge in [0.2, 0.25) is 0 Å². The van der Waals surface area contributed by atoms with E-state index in [0.29, 0.717) is 0 Å². The van der Waals surface area contributed by atoms with Gasteiger partial charge in [0.15, 0.2) is 0 Å². The predicted octanol–water partition coefficient (Wildman–Crippen LogP) is -1.15. The Bertz CT molecular complexity index is 34.2. The molecule has 0 rings (SSSR count). The fourth-order valence-electron chi connectivity index (χ4n) is 0. The summed E-state index contributed by atoms with van der Waals surface area (Å²) in [6, 6.07) is 0. The zero-order chi connectivity index (χ0) is 4.71. The van der Waals surface area contributed by atoms with Crippen LogP contribution in [-0.2, 0) is 29.4 Å². The van der Waals surface area contributed by atoms with Crippen LogP contribution in [0.15, 0.2) is 0 Å². The molecule has 0 fully saturated rings. The van der Waals surface area contributed by atoms with E-state index < -0.39 is 0 Å². The van der Waals surface area contributed by atoms with Gasteiger partial charge in [-0.15, -0.1) is 0 Å². The van der Waals surface area contributed by atoms with Gasteiger partial charge in [0, 0.05) is 0 Å². The van der Waals surface area contributed by atoms with Gasteiger partial charge in [-0.05, 0) is 0 Å². The van der Waals surface area contributed by atoms with Gasteiger partial charge in [-0.1, -0.05) is 0 Å². The zero-order valence-corrected chi connectivity index (χ0v) is 12.6. The average Bonchev–Trinajstić information content (AvgIpc) is 1.46. The van der Waals surface area contributed by atoms with Gasteiger partial charge in [-0.3, -0.25) is 0 Å². The van der Waals surface area contributed by atoms with Gasteiger partial charge in [0.1, 0.15) is 0 Å². The van der Waals surface area contributed by atoms with Gasteiger partial charge in [-0.2, -0.15) is 0 Å². The minimum absolute atomic E-state index is 0.0833. The topological polar surface area (TPSA) is 0 Å². The molecule has 0 aliphatic rings. The quantitative estimate of drug-likeness (QED) is 0.305. The minimum atomic E-state index is 0.0833. The Hall–Kier alpha value is 2.88. The molecule has 5 heteroatoms. The third-order valence-electron chi connectivity index (χ3n) is 0. The molecule has 0 aliphatic heterocycles. The summed E-state index contributed by atoms with van der Waals surface area (Å²) in [7, 11) is 0. The van der Waals surface area contributed by atoms with Crippen molar-refractivity contribution in [3.05, 3.63) is 0 Å². The summed E-state index contributed by atoms with van der Waals surface area (Å²) in [5, 5.41) is 0. The summed E-state index contributed by atoms with van der Waals surface area (Å²) in [5.74, 6) is 0. The summed E-state index contributed by atoms with van der Waals surface area (Å²) in [4.78, 5) is 0. The van der Waals surface area contributed by atoms with Crippen LogP contribution in [0.1, 0.15) is 0 Å². The first-order chi connectivity index (χ1) is 2.41. The van der Waals surface area contributed by atoms with Crippen molar-refractivity contribution in [2.45, 2.75) is 0 Å². The molecule has 0 aromatic carbocycles. The van der Waals surface area contributed by atoms with Crippen molar-refractivity contribution in [3.8, 4) is 0 Å². The van der Waals surface area contributed by atoms with Crippen LogP contribution >= 0.6 is 0 Å². The van der Waals surface area contributed by atoms with Crippen molar-refractivity contribution in [2.75, 3.05) is 0 Å². The van der Waals surface area contributed by atoms with E-state index in [4.69, 9.17) is 0 Å². The van der Waals surface area contributed by atoms with E-state index in [0.717, 1.165) is 0 Å².